The molecule has 1 saturated heterocycles. The van der Waals surface area contributed by atoms with E-state index in [4.69, 9.17) is 0 Å². The van der Waals surface area contributed by atoms with Crippen molar-refractivity contribution in [2.24, 2.45) is 0 Å². The SMILES string of the molecule is F[C@H]1CN(c2ncncc2CCBr)C[C@@H]1F. The summed E-state index contributed by atoms with van der Waals surface area (Å²) in [6.45, 7) is 0.154. The summed E-state index contributed by atoms with van der Waals surface area (Å²) in [6.07, 6.45) is 1.04. The van der Waals surface area contributed by atoms with Gasteiger partial charge < -0.3 is 4.90 Å². The highest BCUT2D eigenvalue weighted by Crippen LogP contribution is 2.25. The molecule has 1 aliphatic rings. The molecular weight excluding hydrogens is 280 g/mol. The van der Waals surface area contributed by atoms with Crippen molar-refractivity contribution in [3.8, 4) is 0 Å². The van der Waals surface area contributed by atoms with Crippen molar-refractivity contribution < 1.29 is 8.78 Å². The summed E-state index contributed by atoms with van der Waals surface area (Å²) in [7, 11) is 0. The third-order valence-corrected chi connectivity index (χ3v) is 3.01. The van der Waals surface area contributed by atoms with Crippen molar-refractivity contribution in [2.75, 3.05) is 23.3 Å². The van der Waals surface area contributed by atoms with E-state index in [0.29, 0.717) is 5.82 Å². The number of aryl methyl sites for hydroxylation is 1. The molecule has 2 rings (SSSR count). The van der Waals surface area contributed by atoms with Gasteiger partial charge in [0.15, 0.2) is 12.3 Å². The highest BCUT2D eigenvalue weighted by Gasteiger charge is 2.34. The van der Waals surface area contributed by atoms with E-state index in [0.717, 1.165) is 17.3 Å². The third-order valence-electron chi connectivity index (χ3n) is 2.61. The Kier molecular flexibility index (Phi) is 3.68. The second-order valence-corrected chi connectivity index (χ2v) is 4.54. The van der Waals surface area contributed by atoms with Crippen LogP contribution in [0.2, 0.25) is 0 Å². The molecule has 0 spiro atoms. The van der Waals surface area contributed by atoms with Gasteiger partial charge in [0.25, 0.3) is 0 Å². The molecule has 6 heteroatoms. The first kappa shape index (κ1) is 11.7. The number of hydrogen-bond acceptors (Lipinski definition) is 3. The van der Waals surface area contributed by atoms with Gasteiger partial charge in [0.2, 0.25) is 0 Å². The highest BCUT2D eigenvalue weighted by atomic mass is 79.9. The zero-order valence-electron chi connectivity index (χ0n) is 8.61. The topological polar surface area (TPSA) is 29.0 Å². The molecule has 0 bridgehead atoms. The van der Waals surface area contributed by atoms with Crippen LogP contribution in [0.3, 0.4) is 0 Å². The number of halogens is 3. The van der Waals surface area contributed by atoms with Gasteiger partial charge in [0, 0.05) is 17.1 Å². The van der Waals surface area contributed by atoms with Gasteiger partial charge in [-0.25, -0.2) is 18.7 Å². The largest absolute Gasteiger partial charge is 0.350 e. The van der Waals surface area contributed by atoms with E-state index < -0.39 is 12.3 Å². The Morgan fingerprint density at radius 2 is 2.06 bits per heavy atom. The van der Waals surface area contributed by atoms with Crippen molar-refractivity contribution in [3.63, 3.8) is 0 Å². The summed E-state index contributed by atoms with van der Waals surface area (Å²) >= 11 is 3.33. The fraction of sp³-hybridized carbons (Fsp3) is 0.600. The van der Waals surface area contributed by atoms with E-state index in [1.807, 2.05) is 0 Å². The Balaban J connectivity index is 2.20. The normalized spacial score (nSPS) is 25.1. The molecule has 0 radical (unpaired) electrons. The predicted molar refractivity (Wildman–Crippen MR) is 61.5 cm³/mol. The Morgan fingerprint density at radius 1 is 1.38 bits per heavy atom. The van der Waals surface area contributed by atoms with Crippen LogP contribution in [0.1, 0.15) is 5.56 Å². The summed E-state index contributed by atoms with van der Waals surface area (Å²) in [4.78, 5) is 9.68. The van der Waals surface area contributed by atoms with Gasteiger partial charge >= 0.3 is 0 Å². The van der Waals surface area contributed by atoms with Crippen LogP contribution in [0.4, 0.5) is 14.6 Å². The lowest BCUT2D eigenvalue weighted by Gasteiger charge is -2.18. The lowest BCUT2D eigenvalue weighted by molar-refractivity contribution is 0.217. The molecule has 1 aromatic heterocycles. The molecule has 16 heavy (non-hydrogen) atoms. The van der Waals surface area contributed by atoms with E-state index in [9.17, 15) is 8.78 Å². The first-order valence-corrected chi connectivity index (χ1v) is 6.22. The van der Waals surface area contributed by atoms with Crippen molar-refractivity contribution in [1.29, 1.82) is 0 Å². The summed E-state index contributed by atoms with van der Waals surface area (Å²) in [6, 6.07) is 0. The van der Waals surface area contributed by atoms with Crippen molar-refractivity contribution in [2.45, 2.75) is 18.8 Å². The molecule has 88 valence electrons. The van der Waals surface area contributed by atoms with E-state index in [1.165, 1.54) is 6.33 Å². The minimum atomic E-state index is -1.41. The average Bonchev–Trinajstić information content (AvgIpc) is 2.60. The average molecular weight is 292 g/mol. The molecule has 3 nitrogen and oxygen atoms in total. The number of hydrogen-bond donors (Lipinski definition) is 0. The molecule has 0 aromatic carbocycles. The molecule has 2 atom stereocenters. The minimum Gasteiger partial charge on any atom is -0.350 e. The van der Waals surface area contributed by atoms with Crippen molar-refractivity contribution in [3.05, 3.63) is 18.1 Å². The standard InChI is InChI=1S/C10H12BrF2N3/c11-2-1-7-3-14-6-15-10(7)16-4-8(12)9(13)5-16/h3,6,8-9H,1-2,4-5H2/t8-,9-/m0/s1. The molecule has 0 unspecified atom stereocenters. The molecule has 0 saturated carbocycles. The quantitative estimate of drug-likeness (QED) is 0.797. The van der Waals surface area contributed by atoms with Crippen LogP contribution in [0.25, 0.3) is 0 Å². The van der Waals surface area contributed by atoms with Crippen LogP contribution in [-0.4, -0.2) is 40.7 Å². The Bertz CT molecular complexity index is 354. The van der Waals surface area contributed by atoms with Crippen molar-refractivity contribution in [1.82, 2.24) is 9.97 Å². The van der Waals surface area contributed by atoms with Crippen LogP contribution in [-0.2, 0) is 6.42 Å². The maximum atomic E-state index is 13.1. The molecule has 0 N–H and O–H groups in total. The Hall–Kier alpha value is -0.780. The van der Waals surface area contributed by atoms with Crippen LogP contribution >= 0.6 is 15.9 Å². The van der Waals surface area contributed by atoms with Gasteiger partial charge in [-0.2, -0.15) is 0 Å². The molecule has 1 aliphatic heterocycles. The number of aromatic nitrogens is 2. The number of rotatable bonds is 3. The Morgan fingerprint density at radius 3 is 2.69 bits per heavy atom. The maximum Gasteiger partial charge on any atom is 0.150 e. The summed E-state index contributed by atoms with van der Waals surface area (Å²) in [5.74, 6) is 0.650. The second kappa shape index (κ2) is 5.03. The highest BCUT2D eigenvalue weighted by molar-refractivity contribution is 9.09. The van der Waals surface area contributed by atoms with Crippen molar-refractivity contribution >= 4 is 21.7 Å². The molecule has 2 heterocycles. The van der Waals surface area contributed by atoms with E-state index in [2.05, 4.69) is 25.9 Å². The smallest absolute Gasteiger partial charge is 0.150 e. The molecule has 0 aliphatic carbocycles. The van der Waals surface area contributed by atoms with Crippen LogP contribution in [0, 0.1) is 0 Å². The van der Waals surface area contributed by atoms with E-state index in [-0.39, 0.29) is 13.1 Å². The van der Waals surface area contributed by atoms with Crippen LogP contribution < -0.4 is 4.90 Å². The first-order chi connectivity index (χ1) is 7.72. The third kappa shape index (κ3) is 2.31. The van der Waals surface area contributed by atoms with Gasteiger partial charge in [-0.3, -0.25) is 0 Å². The number of anilines is 1. The maximum absolute atomic E-state index is 13.1. The van der Waals surface area contributed by atoms with Gasteiger partial charge in [0.1, 0.15) is 12.1 Å². The fourth-order valence-corrected chi connectivity index (χ4v) is 2.24. The Labute approximate surface area is 101 Å². The lowest BCUT2D eigenvalue weighted by Crippen LogP contribution is -2.23. The minimum absolute atomic E-state index is 0.0769. The van der Waals surface area contributed by atoms with Gasteiger partial charge in [-0.05, 0) is 6.42 Å². The molecule has 1 aromatic rings. The van der Waals surface area contributed by atoms with Gasteiger partial charge in [-0.15, -0.1) is 0 Å². The van der Waals surface area contributed by atoms with Crippen LogP contribution in [0.5, 0.6) is 0 Å². The van der Waals surface area contributed by atoms with E-state index >= 15 is 0 Å². The monoisotopic (exact) mass is 291 g/mol. The summed E-state index contributed by atoms with van der Waals surface area (Å²) < 4.78 is 26.2. The lowest BCUT2D eigenvalue weighted by atomic mass is 10.2. The predicted octanol–water partition coefficient (Wildman–Crippen LogP) is 1.91. The zero-order valence-corrected chi connectivity index (χ0v) is 10.2. The van der Waals surface area contributed by atoms with Gasteiger partial charge in [0.05, 0.1) is 13.1 Å². The van der Waals surface area contributed by atoms with E-state index in [1.54, 1.807) is 11.1 Å². The summed E-state index contributed by atoms with van der Waals surface area (Å²) in [5, 5.41) is 0.777. The molecular formula is C10H12BrF2N3. The number of nitrogens with zero attached hydrogens (tertiary/aromatic N) is 3. The summed E-state index contributed by atoms with van der Waals surface area (Å²) in [5.41, 5.74) is 0.917. The fourth-order valence-electron chi connectivity index (χ4n) is 1.81. The second-order valence-electron chi connectivity index (χ2n) is 3.75. The first-order valence-electron chi connectivity index (χ1n) is 5.10. The van der Waals surface area contributed by atoms with Crippen LogP contribution in [0.15, 0.2) is 12.5 Å². The molecule has 0 amide bonds. The van der Waals surface area contributed by atoms with Gasteiger partial charge in [-0.1, -0.05) is 15.9 Å². The molecule has 1 fully saturated rings. The zero-order chi connectivity index (χ0) is 11.5. The number of alkyl halides is 3.